The normalized spacial score (nSPS) is 20.6. The molecule has 2 rings (SSSR count). The fourth-order valence-corrected chi connectivity index (χ4v) is 1.67. The van der Waals surface area contributed by atoms with Crippen LogP contribution in [0.15, 0.2) is 18.2 Å². The molecule has 1 saturated heterocycles. The second-order valence-electron chi connectivity index (χ2n) is 3.78. The molecule has 1 aliphatic heterocycles. The van der Waals surface area contributed by atoms with Crippen LogP contribution in [0, 0.1) is 0 Å². The second-order valence-corrected chi connectivity index (χ2v) is 3.78. The molecule has 86 valence electrons. The fourth-order valence-electron chi connectivity index (χ4n) is 1.67. The van der Waals surface area contributed by atoms with Gasteiger partial charge in [0.05, 0.1) is 12.3 Å². The minimum absolute atomic E-state index is 0.115. The number of pyridine rings is 1. The minimum Gasteiger partial charge on any atom is -0.353 e. The van der Waals surface area contributed by atoms with E-state index >= 15 is 0 Å². The van der Waals surface area contributed by atoms with Gasteiger partial charge in [-0.1, -0.05) is 6.07 Å². The SMILES string of the molecule is O=Cc1cccc(CO[C@@H]2CCCCO2)n1. The van der Waals surface area contributed by atoms with E-state index in [0.29, 0.717) is 12.3 Å². The van der Waals surface area contributed by atoms with Crippen molar-refractivity contribution in [3.63, 3.8) is 0 Å². The van der Waals surface area contributed by atoms with Crippen LogP contribution >= 0.6 is 0 Å². The van der Waals surface area contributed by atoms with Crippen LogP contribution in [0.3, 0.4) is 0 Å². The number of hydrogen-bond donors (Lipinski definition) is 0. The molecule has 1 atom stereocenters. The van der Waals surface area contributed by atoms with Crippen LogP contribution in [0.1, 0.15) is 35.4 Å². The summed E-state index contributed by atoms with van der Waals surface area (Å²) in [5, 5.41) is 0. The van der Waals surface area contributed by atoms with Crippen LogP contribution < -0.4 is 0 Å². The van der Waals surface area contributed by atoms with Gasteiger partial charge in [0.1, 0.15) is 5.69 Å². The molecule has 0 N–H and O–H groups in total. The quantitative estimate of drug-likeness (QED) is 0.729. The molecule has 0 aliphatic carbocycles. The van der Waals surface area contributed by atoms with Gasteiger partial charge in [-0.3, -0.25) is 4.79 Å². The van der Waals surface area contributed by atoms with Crippen LogP contribution in [0.2, 0.25) is 0 Å². The summed E-state index contributed by atoms with van der Waals surface area (Å²) in [6.45, 7) is 1.17. The Morgan fingerprint density at radius 1 is 1.50 bits per heavy atom. The van der Waals surface area contributed by atoms with E-state index in [1.165, 1.54) is 0 Å². The third-order valence-electron chi connectivity index (χ3n) is 2.50. The van der Waals surface area contributed by atoms with Gasteiger partial charge in [0.2, 0.25) is 0 Å². The molecule has 0 unspecified atom stereocenters. The Kier molecular flexibility index (Phi) is 4.02. The standard InChI is InChI=1S/C12H15NO3/c14-8-10-4-3-5-11(13-10)9-16-12-6-1-2-7-15-12/h3-5,8,12H,1-2,6-7,9H2/t12-/m1/s1. The summed E-state index contributed by atoms with van der Waals surface area (Å²) in [5.41, 5.74) is 1.20. The molecule has 0 aromatic carbocycles. The molecule has 0 radical (unpaired) electrons. The molecule has 1 fully saturated rings. The van der Waals surface area contributed by atoms with Crippen LogP contribution in [0.25, 0.3) is 0 Å². The van der Waals surface area contributed by atoms with E-state index < -0.39 is 0 Å². The average Bonchev–Trinajstić information content (AvgIpc) is 2.38. The first kappa shape index (κ1) is 11.2. The lowest BCUT2D eigenvalue weighted by atomic mass is 10.2. The van der Waals surface area contributed by atoms with Gasteiger partial charge in [0, 0.05) is 6.61 Å². The molecule has 16 heavy (non-hydrogen) atoms. The maximum atomic E-state index is 10.5. The summed E-state index contributed by atoms with van der Waals surface area (Å²) in [6, 6.07) is 5.32. The number of aromatic nitrogens is 1. The van der Waals surface area contributed by atoms with E-state index in [4.69, 9.17) is 9.47 Å². The van der Waals surface area contributed by atoms with E-state index in [-0.39, 0.29) is 6.29 Å². The van der Waals surface area contributed by atoms with Crippen LogP contribution in [0.5, 0.6) is 0 Å². The lowest BCUT2D eigenvalue weighted by Gasteiger charge is -2.22. The Labute approximate surface area is 94.6 Å². The van der Waals surface area contributed by atoms with Gasteiger partial charge in [-0.05, 0) is 31.4 Å². The highest BCUT2D eigenvalue weighted by molar-refractivity contribution is 5.71. The van der Waals surface area contributed by atoms with Gasteiger partial charge in [-0.15, -0.1) is 0 Å². The van der Waals surface area contributed by atoms with E-state index in [1.807, 2.05) is 6.07 Å². The maximum absolute atomic E-state index is 10.5. The number of nitrogens with zero attached hydrogens (tertiary/aromatic N) is 1. The molecule has 0 saturated carbocycles. The molecule has 4 nitrogen and oxygen atoms in total. The molecule has 0 bridgehead atoms. The molecule has 1 aromatic rings. The van der Waals surface area contributed by atoms with E-state index in [1.54, 1.807) is 12.1 Å². The predicted octanol–water partition coefficient (Wildman–Crippen LogP) is 1.94. The third-order valence-corrected chi connectivity index (χ3v) is 2.50. The summed E-state index contributed by atoms with van der Waals surface area (Å²) in [5.74, 6) is 0. The van der Waals surface area contributed by atoms with E-state index in [2.05, 4.69) is 4.98 Å². The van der Waals surface area contributed by atoms with Gasteiger partial charge < -0.3 is 9.47 Å². The molecule has 2 heterocycles. The smallest absolute Gasteiger partial charge is 0.168 e. The molecule has 0 spiro atoms. The van der Waals surface area contributed by atoms with Crippen molar-refractivity contribution in [2.24, 2.45) is 0 Å². The van der Waals surface area contributed by atoms with E-state index in [0.717, 1.165) is 37.8 Å². The second kappa shape index (κ2) is 5.72. The number of carbonyl (C=O) groups excluding carboxylic acids is 1. The number of hydrogen-bond acceptors (Lipinski definition) is 4. The number of aldehydes is 1. The predicted molar refractivity (Wildman–Crippen MR) is 58.0 cm³/mol. The van der Waals surface area contributed by atoms with Gasteiger partial charge in [0.15, 0.2) is 12.6 Å². The largest absolute Gasteiger partial charge is 0.353 e. The van der Waals surface area contributed by atoms with Gasteiger partial charge in [-0.25, -0.2) is 4.98 Å². The van der Waals surface area contributed by atoms with E-state index in [9.17, 15) is 4.79 Å². The maximum Gasteiger partial charge on any atom is 0.168 e. The van der Waals surface area contributed by atoms with Crippen molar-refractivity contribution in [1.82, 2.24) is 4.98 Å². The van der Waals surface area contributed by atoms with Gasteiger partial charge >= 0.3 is 0 Å². The third kappa shape index (κ3) is 3.12. The summed E-state index contributed by atoms with van der Waals surface area (Å²) >= 11 is 0. The zero-order valence-corrected chi connectivity index (χ0v) is 9.09. The Balaban J connectivity index is 1.85. The van der Waals surface area contributed by atoms with Crippen molar-refractivity contribution in [3.8, 4) is 0 Å². The summed E-state index contributed by atoms with van der Waals surface area (Å²) in [7, 11) is 0. The highest BCUT2D eigenvalue weighted by atomic mass is 16.7. The van der Waals surface area contributed by atoms with Crippen molar-refractivity contribution in [2.45, 2.75) is 32.2 Å². The summed E-state index contributed by atoms with van der Waals surface area (Å²) in [6.07, 6.45) is 3.81. The highest BCUT2D eigenvalue weighted by Crippen LogP contribution is 2.15. The number of rotatable bonds is 4. The topological polar surface area (TPSA) is 48.4 Å². The lowest BCUT2D eigenvalue weighted by molar-refractivity contribution is -0.169. The van der Waals surface area contributed by atoms with Crippen molar-refractivity contribution in [3.05, 3.63) is 29.6 Å². The Morgan fingerprint density at radius 2 is 2.44 bits per heavy atom. The molecular weight excluding hydrogens is 206 g/mol. The van der Waals surface area contributed by atoms with Crippen LogP contribution in [0.4, 0.5) is 0 Å². The minimum atomic E-state index is -0.115. The summed E-state index contributed by atoms with van der Waals surface area (Å²) < 4.78 is 11.0. The number of carbonyl (C=O) groups is 1. The zero-order valence-electron chi connectivity index (χ0n) is 9.09. The Bertz CT molecular complexity index is 348. The van der Waals surface area contributed by atoms with Crippen LogP contribution in [-0.2, 0) is 16.1 Å². The van der Waals surface area contributed by atoms with Crippen molar-refractivity contribution in [1.29, 1.82) is 0 Å². The first-order chi connectivity index (χ1) is 7.88. The van der Waals surface area contributed by atoms with Crippen LogP contribution in [-0.4, -0.2) is 24.2 Å². The highest BCUT2D eigenvalue weighted by Gasteiger charge is 2.14. The van der Waals surface area contributed by atoms with Gasteiger partial charge in [0.25, 0.3) is 0 Å². The van der Waals surface area contributed by atoms with Crippen molar-refractivity contribution in [2.75, 3.05) is 6.61 Å². The average molecular weight is 221 g/mol. The Hall–Kier alpha value is -1.26. The molecular formula is C12H15NO3. The zero-order chi connectivity index (χ0) is 11.2. The first-order valence-corrected chi connectivity index (χ1v) is 5.53. The monoisotopic (exact) mass is 221 g/mol. The number of ether oxygens (including phenoxy) is 2. The van der Waals surface area contributed by atoms with Gasteiger partial charge in [-0.2, -0.15) is 0 Å². The first-order valence-electron chi connectivity index (χ1n) is 5.53. The molecule has 4 heteroatoms. The summed E-state index contributed by atoms with van der Waals surface area (Å²) in [4.78, 5) is 14.7. The lowest BCUT2D eigenvalue weighted by Crippen LogP contribution is -2.22. The van der Waals surface area contributed by atoms with Crippen molar-refractivity contribution < 1.29 is 14.3 Å². The van der Waals surface area contributed by atoms with Crippen molar-refractivity contribution >= 4 is 6.29 Å². The molecule has 1 aromatic heterocycles. The molecule has 0 amide bonds. The molecule has 1 aliphatic rings. The Morgan fingerprint density at radius 3 is 3.19 bits per heavy atom. The fraction of sp³-hybridized carbons (Fsp3) is 0.500.